The summed E-state index contributed by atoms with van der Waals surface area (Å²) in [4.78, 5) is 18.7. The predicted octanol–water partition coefficient (Wildman–Crippen LogP) is 4.21. The third-order valence-electron chi connectivity index (χ3n) is 8.74. The number of aromatic nitrogens is 1. The lowest BCUT2D eigenvalue weighted by atomic mass is 9.63. The fraction of sp³-hybridized carbons (Fsp3) is 0.448. The maximum absolute atomic E-state index is 13.4. The zero-order valence-electron chi connectivity index (χ0n) is 23.0. The van der Waals surface area contributed by atoms with Gasteiger partial charge in [-0.3, -0.25) is 4.79 Å². The number of alkyl halides is 3. The van der Waals surface area contributed by atoms with Gasteiger partial charge in [-0.1, -0.05) is 19.1 Å². The lowest BCUT2D eigenvalue weighted by Gasteiger charge is -2.42. The molecule has 1 unspecified atom stereocenters. The number of fused-ring (bicyclic) bond motifs is 1. The van der Waals surface area contributed by atoms with Crippen molar-refractivity contribution in [1.29, 1.82) is 0 Å². The van der Waals surface area contributed by atoms with Crippen LogP contribution in [0, 0.1) is 11.2 Å². The standard InChI is InChI=1S/C29H33F4N5O3S/c1-18(19-2-5-21(30)6-3-19)28(27(34)39)12-10-22(11-13-28)37-42(40,41)23-7-8-24-20(16-23)4-9-26(36-24)38-15-14-35-25(17-38)29(31,32)33/h2-9,16,18,22,25,35,37H,10-15,17H2,1H3,(H2,34,39)/t18-,22?,25?,28?/m1/s1. The number of carbonyl (C=O) groups is 1. The van der Waals surface area contributed by atoms with Crippen molar-refractivity contribution in [2.24, 2.45) is 11.1 Å². The van der Waals surface area contributed by atoms with Gasteiger partial charge < -0.3 is 16.0 Å². The molecule has 4 N–H and O–H groups in total. The quantitative estimate of drug-likeness (QED) is 0.347. The van der Waals surface area contributed by atoms with E-state index in [4.69, 9.17) is 5.73 Å². The first-order valence-corrected chi connectivity index (χ1v) is 15.3. The minimum Gasteiger partial charge on any atom is -0.369 e. The molecule has 1 saturated heterocycles. The van der Waals surface area contributed by atoms with E-state index in [1.165, 1.54) is 24.3 Å². The van der Waals surface area contributed by atoms with Crippen molar-refractivity contribution in [3.05, 3.63) is 66.0 Å². The number of pyridine rings is 1. The highest BCUT2D eigenvalue weighted by atomic mass is 32.2. The number of anilines is 1. The van der Waals surface area contributed by atoms with E-state index in [1.807, 2.05) is 6.92 Å². The Morgan fingerprint density at radius 1 is 1.12 bits per heavy atom. The van der Waals surface area contributed by atoms with Crippen molar-refractivity contribution < 1.29 is 30.8 Å². The first-order chi connectivity index (χ1) is 19.8. The molecule has 1 aliphatic heterocycles. The predicted molar refractivity (Wildman–Crippen MR) is 151 cm³/mol. The average Bonchev–Trinajstić information content (AvgIpc) is 2.96. The fourth-order valence-corrected chi connectivity index (χ4v) is 7.45. The van der Waals surface area contributed by atoms with Crippen molar-refractivity contribution in [3.8, 4) is 0 Å². The Morgan fingerprint density at radius 2 is 1.81 bits per heavy atom. The Kier molecular flexibility index (Phi) is 8.20. The molecule has 42 heavy (non-hydrogen) atoms. The molecule has 2 heterocycles. The Bertz CT molecular complexity index is 1560. The van der Waals surface area contributed by atoms with Crippen molar-refractivity contribution in [1.82, 2.24) is 15.0 Å². The molecule has 1 amide bonds. The van der Waals surface area contributed by atoms with Gasteiger partial charge in [-0.05, 0) is 79.6 Å². The van der Waals surface area contributed by atoms with Gasteiger partial charge in [0, 0.05) is 31.1 Å². The van der Waals surface area contributed by atoms with Crippen LogP contribution in [-0.4, -0.2) is 57.2 Å². The molecule has 13 heteroatoms. The summed E-state index contributed by atoms with van der Waals surface area (Å²) in [6.45, 7) is 2.15. The van der Waals surface area contributed by atoms with Crippen LogP contribution in [0.25, 0.3) is 10.9 Å². The van der Waals surface area contributed by atoms with Crippen molar-refractivity contribution >= 4 is 32.7 Å². The van der Waals surface area contributed by atoms with E-state index in [9.17, 15) is 30.8 Å². The van der Waals surface area contributed by atoms with E-state index in [2.05, 4.69) is 15.0 Å². The van der Waals surface area contributed by atoms with Gasteiger partial charge in [-0.15, -0.1) is 0 Å². The molecule has 2 atom stereocenters. The molecule has 0 radical (unpaired) electrons. The van der Waals surface area contributed by atoms with Gasteiger partial charge in [0.2, 0.25) is 15.9 Å². The molecule has 2 fully saturated rings. The lowest BCUT2D eigenvalue weighted by Crippen LogP contribution is -2.57. The van der Waals surface area contributed by atoms with Gasteiger partial charge >= 0.3 is 6.18 Å². The van der Waals surface area contributed by atoms with Crippen LogP contribution in [0.5, 0.6) is 0 Å². The average molecular weight is 608 g/mol. The van der Waals surface area contributed by atoms with Gasteiger partial charge in [-0.25, -0.2) is 22.5 Å². The molecular formula is C29H33F4N5O3S. The SMILES string of the molecule is C[C@H](c1ccc(F)cc1)C1(C(N)=O)CCC(NS(=O)(=O)c2ccc3nc(N4CCNC(C(F)(F)F)C4)ccc3c2)CC1. The summed E-state index contributed by atoms with van der Waals surface area (Å²) in [5, 5.41) is 3.01. The maximum Gasteiger partial charge on any atom is 0.405 e. The van der Waals surface area contributed by atoms with Crippen LogP contribution < -0.4 is 20.7 Å². The topological polar surface area (TPSA) is 117 Å². The number of nitrogens with zero attached hydrogens (tertiary/aromatic N) is 2. The van der Waals surface area contributed by atoms with Crippen LogP contribution in [0.15, 0.2) is 59.5 Å². The Balaban J connectivity index is 1.27. The van der Waals surface area contributed by atoms with Gasteiger partial charge in [0.25, 0.3) is 0 Å². The number of amides is 1. The monoisotopic (exact) mass is 607 g/mol. The molecule has 5 rings (SSSR count). The second-order valence-electron chi connectivity index (χ2n) is 11.2. The van der Waals surface area contributed by atoms with Crippen LogP contribution >= 0.6 is 0 Å². The smallest absolute Gasteiger partial charge is 0.369 e. The van der Waals surface area contributed by atoms with Crippen molar-refractivity contribution in [3.63, 3.8) is 0 Å². The number of benzene rings is 2. The molecule has 0 spiro atoms. The van der Waals surface area contributed by atoms with Crippen molar-refractivity contribution in [2.45, 2.75) is 61.7 Å². The van der Waals surface area contributed by atoms with E-state index in [0.717, 1.165) is 5.56 Å². The summed E-state index contributed by atoms with van der Waals surface area (Å²) in [6, 6.07) is 11.6. The van der Waals surface area contributed by atoms with Crippen LogP contribution in [0.1, 0.15) is 44.1 Å². The van der Waals surface area contributed by atoms with Crippen LogP contribution in [-0.2, 0) is 14.8 Å². The molecule has 3 aromatic rings. The van der Waals surface area contributed by atoms with E-state index >= 15 is 0 Å². The van der Waals surface area contributed by atoms with Gasteiger partial charge in [-0.2, -0.15) is 13.2 Å². The van der Waals surface area contributed by atoms with E-state index in [1.54, 1.807) is 35.2 Å². The Labute approximate surface area is 241 Å². The number of sulfonamides is 1. The second-order valence-corrected chi connectivity index (χ2v) is 12.9. The molecule has 2 aromatic carbocycles. The molecule has 1 aliphatic carbocycles. The molecule has 8 nitrogen and oxygen atoms in total. The highest BCUT2D eigenvalue weighted by Crippen LogP contribution is 2.47. The third-order valence-corrected chi connectivity index (χ3v) is 10.3. The summed E-state index contributed by atoms with van der Waals surface area (Å²) in [5.41, 5.74) is 6.23. The summed E-state index contributed by atoms with van der Waals surface area (Å²) in [5.74, 6) is -0.717. The van der Waals surface area contributed by atoms with Crippen LogP contribution in [0.3, 0.4) is 0 Å². The minimum absolute atomic E-state index is 0.0373. The van der Waals surface area contributed by atoms with Crippen molar-refractivity contribution in [2.75, 3.05) is 24.5 Å². The minimum atomic E-state index is -4.37. The molecule has 0 bridgehead atoms. The number of piperazine rings is 1. The first-order valence-electron chi connectivity index (χ1n) is 13.8. The Morgan fingerprint density at radius 3 is 2.45 bits per heavy atom. The zero-order valence-corrected chi connectivity index (χ0v) is 23.8. The number of primary amides is 1. The number of halogens is 4. The van der Waals surface area contributed by atoms with Gasteiger partial charge in [0.1, 0.15) is 17.7 Å². The van der Waals surface area contributed by atoms with Crippen LogP contribution in [0.2, 0.25) is 0 Å². The molecular weight excluding hydrogens is 574 g/mol. The highest BCUT2D eigenvalue weighted by molar-refractivity contribution is 7.89. The molecule has 1 aromatic heterocycles. The van der Waals surface area contributed by atoms with Crippen LogP contribution in [0.4, 0.5) is 23.4 Å². The van der Waals surface area contributed by atoms with E-state index in [0.29, 0.717) is 48.9 Å². The second kappa shape index (κ2) is 11.4. The summed E-state index contributed by atoms with van der Waals surface area (Å²) < 4.78 is 82.3. The highest BCUT2D eigenvalue weighted by Gasteiger charge is 2.46. The molecule has 1 saturated carbocycles. The summed E-state index contributed by atoms with van der Waals surface area (Å²) >= 11 is 0. The molecule has 2 aliphatic rings. The lowest BCUT2D eigenvalue weighted by molar-refractivity contribution is -0.155. The first kappa shape index (κ1) is 30.2. The number of hydrogen-bond donors (Lipinski definition) is 3. The maximum atomic E-state index is 13.4. The zero-order chi connectivity index (χ0) is 30.3. The summed E-state index contributed by atoms with van der Waals surface area (Å²) in [7, 11) is -3.92. The fourth-order valence-electron chi connectivity index (χ4n) is 6.11. The number of carbonyl (C=O) groups excluding carboxylic acids is 1. The normalized spacial score (nSPS) is 24.5. The number of hydrogen-bond acceptors (Lipinski definition) is 6. The van der Waals surface area contributed by atoms with E-state index < -0.39 is 39.6 Å². The number of nitrogens with two attached hydrogens (primary N) is 1. The Hall–Kier alpha value is -3.29. The third kappa shape index (κ3) is 6.09. The van der Waals surface area contributed by atoms with Gasteiger partial charge in [0.05, 0.1) is 15.8 Å². The number of rotatable bonds is 7. The largest absolute Gasteiger partial charge is 0.405 e. The molecule has 226 valence electrons. The summed E-state index contributed by atoms with van der Waals surface area (Å²) in [6.07, 6.45) is -2.82. The van der Waals surface area contributed by atoms with E-state index in [-0.39, 0.29) is 29.7 Å². The number of nitrogens with one attached hydrogen (secondary N) is 2. The van der Waals surface area contributed by atoms with Gasteiger partial charge in [0.15, 0.2) is 0 Å².